The lowest BCUT2D eigenvalue weighted by Gasteiger charge is -2.08. The second-order valence-electron chi connectivity index (χ2n) is 2.97. The van der Waals surface area contributed by atoms with E-state index in [-0.39, 0.29) is 6.61 Å². The Morgan fingerprint density at radius 1 is 1.54 bits per heavy atom. The fourth-order valence-corrected chi connectivity index (χ4v) is 1.13. The Morgan fingerprint density at radius 2 is 2.38 bits per heavy atom. The maximum absolute atomic E-state index is 8.99. The van der Waals surface area contributed by atoms with Crippen molar-refractivity contribution in [1.82, 2.24) is 4.98 Å². The number of hydrogen-bond acceptors (Lipinski definition) is 3. The zero-order valence-electron chi connectivity index (χ0n) is 7.95. The Morgan fingerprint density at radius 3 is 3.08 bits per heavy atom. The Hall–Kier alpha value is -1.09. The number of nitrogens with zero attached hydrogens (tertiary/aromatic N) is 1. The molecule has 72 valence electrons. The molecule has 0 unspecified atom stereocenters. The van der Waals surface area contributed by atoms with Gasteiger partial charge in [0.05, 0.1) is 6.61 Å². The van der Waals surface area contributed by atoms with Crippen molar-refractivity contribution in [3.8, 4) is 0 Å². The highest BCUT2D eigenvalue weighted by Crippen LogP contribution is 2.12. The van der Waals surface area contributed by atoms with Gasteiger partial charge < -0.3 is 10.4 Å². The van der Waals surface area contributed by atoms with Crippen molar-refractivity contribution in [1.29, 1.82) is 0 Å². The molecule has 0 saturated heterocycles. The highest BCUT2D eigenvalue weighted by atomic mass is 16.3. The predicted octanol–water partition coefficient (Wildman–Crippen LogP) is 1.79. The lowest BCUT2D eigenvalue weighted by atomic mass is 10.2. The molecule has 0 aromatic carbocycles. The molecule has 3 nitrogen and oxygen atoms in total. The molecule has 0 bridgehead atoms. The van der Waals surface area contributed by atoms with Crippen LogP contribution in [0.5, 0.6) is 0 Å². The van der Waals surface area contributed by atoms with Gasteiger partial charge in [-0.05, 0) is 12.5 Å². The molecule has 1 aromatic rings. The number of nitrogens with one attached hydrogen (secondary N) is 1. The summed E-state index contributed by atoms with van der Waals surface area (Å²) in [5, 5.41) is 12.3. The summed E-state index contributed by atoms with van der Waals surface area (Å²) in [4.78, 5) is 3.94. The van der Waals surface area contributed by atoms with E-state index >= 15 is 0 Å². The number of pyridine rings is 1. The summed E-state index contributed by atoms with van der Waals surface area (Å²) in [5.41, 5.74) is 1.85. The number of aliphatic hydroxyl groups excluding tert-OH is 1. The Bertz CT molecular complexity index is 250. The molecule has 13 heavy (non-hydrogen) atoms. The average molecular weight is 180 g/mol. The molecule has 0 amide bonds. The molecular formula is C10H16N2O. The number of unbranched alkanes of at least 4 members (excludes halogenated alkanes) is 1. The van der Waals surface area contributed by atoms with Gasteiger partial charge in [-0.25, -0.2) is 0 Å². The van der Waals surface area contributed by atoms with E-state index in [2.05, 4.69) is 17.2 Å². The van der Waals surface area contributed by atoms with Gasteiger partial charge in [0.2, 0.25) is 0 Å². The van der Waals surface area contributed by atoms with Crippen molar-refractivity contribution >= 4 is 5.69 Å². The van der Waals surface area contributed by atoms with Crippen LogP contribution in [0.3, 0.4) is 0 Å². The number of rotatable bonds is 5. The molecule has 1 heterocycles. The summed E-state index contributed by atoms with van der Waals surface area (Å²) in [6.45, 7) is 3.15. The molecule has 0 spiro atoms. The maximum atomic E-state index is 8.99. The van der Waals surface area contributed by atoms with Crippen molar-refractivity contribution in [2.24, 2.45) is 0 Å². The number of aromatic nitrogens is 1. The molecule has 0 aliphatic rings. The minimum Gasteiger partial charge on any atom is -0.392 e. The molecule has 0 atom stereocenters. The van der Waals surface area contributed by atoms with Gasteiger partial charge in [0, 0.05) is 30.2 Å². The van der Waals surface area contributed by atoms with Crippen LogP contribution in [0.2, 0.25) is 0 Å². The van der Waals surface area contributed by atoms with Crippen LogP contribution >= 0.6 is 0 Å². The summed E-state index contributed by atoms with van der Waals surface area (Å²) in [5.74, 6) is 0. The van der Waals surface area contributed by atoms with E-state index in [9.17, 15) is 0 Å². The average Bonchev–Trinajstić information content (AvgIpc) is 2.19. The summed E-state index contributed by atoms with van der Waals surface area (Å²) in [6.07, 6.45) is 5.74. The quantitative estimate of drug-likeness (QED) is 0.679. The fraction of sp³-hybridized carbons (Fsp3) is 0.500. The van der Waals surface area contributed by atoms with Crippen molar-refractivity contribution in [2.45, 2.75) is 26.4 Å². The van der Waals surface area contributed by atoms with Crippen LogP contribution in [0.25, 0.3) is 0 Å². The highest BCUT2D eigenvalue weighted by Gasteiger charge is 1.98. The summed E-state index contributed by atoms with van der Waals surface area (Å²) < 4.78 is 0. The molecule has 0 fully saturated rings. The van der Waals surface area contributed by atoms with Crippen LogP contribution in [0, 0.1) is 0 Å². The zero-order valence-corrected chi connectivity index (χ0v) is 7.95. The van der Waals surface area contributed by atoms with Gasteiger partial charge in [0.25, 0.3) is 0 Å². The van der Waals surface area contributed by atoms with E-state index in [1.807, 2.05) is 6.07 Å². The molecule has 0 radical (unpaired) electrons. The first kappa shape index (κ1) is 9.99. The van der Waals surface area contributed by atoms with E-state index in [4.69, 9.17) is 5.11 Å². The lowest BCUT2D eigenvalue weighted by Crippen LogP contribution is -2.04. The van der Waals surface area contributed by atoms with Crippen LogP contribution in [-0.4, -0.2) is 16.6 Å². The van der Waals surface area contributed by atoms with Crippen molar-refractivity contribution < 1.29 is 5.11 Å². The summed E-state index contributed by atoms with van der Waals surface area (Å²) in [7, 11) is 0. The Balaban J connectivity index is 2.54. The van der Waals surface area contributed by atoms with Gasteiger partial charge in [0.1, 0.15) is 0 Å². The molecule has 1 rings (SSSR count). The lowest BCUT2D eigenvalue weighted by molar-refractivity contribution is 0.282. The van der Waals surface area contributed by atoms with Crippen LogP contribution < -0.4 is 5.32 Å². The smallest absolute Gasteiger partial charge is 0.0717 e. The van der Waals surface area contributed by atoms with Crippen LogP contribution in [0.1, 0.15) is 25.3 Å². The van der Waals surface area contributed by atoms with Crippen LogP contribution in [0.4, 0.5) is 5.69 Å². The first-order chi connectivity index (χ1) is 6.38. The van der Waals surface area contributed by atoms with Gasteiger partial charge in [0.15, 0.2) is 0 Å². The molecule has 2 N–H and O–H groups in total. The minimum atomic E-state index is 0.0439. The molecule has 0 saturated carbocycles. The first-order valence-electron chi connectivity index (χ1n) is 4.66. The van der Waals surface area contributed by atoms with E-state index in [1.165, 1.54) is 6.42 Å². The second kappa shape index (κ2) is 5.54. The molecule has 0 aliphatic carbocycles. The third-order valence-corrected chi connectivity index (χ3v) is 1.92. The monoisotopic (exact) mass is 180 g/mol. The van der Waals surface area contributed by atoms with Crippen LogP contribution in [0.15, 0.2) is 18.5 Å². The van der Waals surface area contributed by atoms with Crippen molar-refractivity contribution in [2.75, 3.05) is 11.9 Å². The van der Waals surface area contributed by atoms with Gasteiger partial charge >= 0.3 is 0 Å². The predicted molar refractivity (Wildman–Crippen MR) is 53.6 cm³/mol. The zero-order chi connectivity index (χ0) is 9.52. The largest absolute Gasteiger partial charge is 0.392 e. The van der Waals surface area contributed by atoms with Gasteiger partial charge in [-0.3, -0.25) is 4.98 Å². The van der Waals surface area contributed by atoms with Crippen molar-refractivity contribution in [3.63, 3.8) is 0 Å². The summed E-state index contributed by atoms with van der Waals surface area (Å²) >= 11 is 0. The topological polar surface area (TPSA) is 45.2 Å². The van der Waals surface area contributed by atoms with Crippen molar-refractivity contribution in [3.05, 3.63) is 24.0 Å². The molecule has 0 aliphatic heterocycles. The highest BCUT2D eigenvalue weighted by molar-refractivity contribution is 5.48. The number of aliphatic hydroxyl groups is 1. The fourth-order valence-electron chi connectivity index (χ4n) is 1.13. The SMILES string of the molecule is CCCCNc1ccncc1CO. The molecular weight excluding hydrogens is 164 g/mol. The van der Waals surface area contributed by atoms with E-state index in [1.54, 1.807) is 12.4 Å². The van der Waals surface area contributed by atoms with Crippen LogP contribution in [-0.2, 0) is 6.61 Å². The molecule has 1 aromatic heterocycles. The minimum absolute atomic E-state index is 0.0439. The Labute approximate surface area is 78.8 Å². The van der Waals surface area contributed by atoms with Gasteiger partial charge in [-0.2, -0.15) is 0 Å². The third kappa shape index (κ3) is 3.03. The third-order valence-electron chi connectivity index (χ3n) is 1.92. The first-order valence-corrected chi connectivity index (χ1v) is 4.66. The van der Waals surface area contributed by atoms with E-state index in [0.29, 0.717) is 0 Å². The Kier molecular flexibility index (Phi) is 4.26. The number of hydrogen-bond donors (Lipinski definition) is 2. The summed E-state index contributed by atoms with van der Waals surface area (Å²) in [6, 6.07) is 1.89. The number of anilines is 1. The van der Waals surface area contributed by atoms with Gasteiger partial charge in [-0.1, -0.05) is 13.3 Å². The molecule has 3 heteroatoms. The van der Waals surface area contributed by atoms with Gasteiger partial charge in [-0.15, -0.1) is 0 Å². The van der Waals surface area contributed by atoms with E-state index in [0.717, 1.165) is 24.2 Å². The maximum Gasteiger partial charge on any atom is 0.0717 e. The second-order valence-corrected chi connectivity index (χ2v) is 2.97. The normalized spacial score (nSPS) is 10.0. The van der Waals surface area contributed by atoms with E-state index < -0.39 is 0 Å². The standard InChI is InChI=1S/C10H16N2O/c1-2-3-5-12-10-4-6-11-7-9(10)8-13/h4,6-7,13H,2-3,5,8H2,1H3,(H,11,12).